The van der Waals surface area contributed by atoms with E-state index in [1.54, 1.807) is 0 Å². The van der Waals surface area contributed by atoms with Gasteiger partial charge in [0.25, 0.3) is 0 Å². The number of carbonyl (C=O) groups excluding carboxylic acids is 1. The molecule has 2 saturated heterocycles. The number of aromatic nitrogens is 1. The number of primary amides is 1. The molecule has 2 aliphatic heterocycles. The molecule has 5 rings (SSSR count). The maximum Gasteiger partial charge on any atom is 0.229 e. The van der Waals surface area contributed by atoms with Crippen molar-refractivity contribution >= 4 is 29.1 Å². The van der Waals surface area contributed by atoms with E-state index in [1.807, 2.05) is 48.5 Å². The first-order valence-corrected chi connectivity index (χ1v) is 11.9. The Morgan fingerprint density at radius 2 is 1.53 bits per heavy atom. The maximum absolute atomic E-state index is 14.8. The predicted octanol–water partition coefficient (Wildman–Crippen LogP) is 5.81. The third kappa shape index (κ3) is 3.78. The SMILES string of the molecule is NC(=O)C1(c2ncc(F)cc2F)C[C@H]2CC[C@@H](C1)N2C(c1ccccc1Cl)c1ccccc1Cl. The van der Waals surface area contributed by atoms with Gasteiger partial charge in [-0.3, -0.25) is 14.7 Å². The highest BCUT2D eigenvalue weighted by atomic mass is 35.5. The van der Waals surface area contributed by atoms with Crippen molar-refractivity contribution in [3.8, 4) is 0 Å². The Kier molecular flexibility index (Phi) is 6.09. The standard InChI is InChI=1S/C26H23Cl2F2N3O/c27-20-7-3-1-5-18(20)23(19-6-2-4-8-21(19)28)33-16-9-10-17(33)13-26(12-16,25(31)34)24-22(30)11-15(29)14-32-24/h1-8,11,14,16-17,23H,9-10,12-13H2,(H2,31,34)/t16-,17+,26?. The number of nitrogens with two attached hydrogens (primary N) is 1. The minimum Gasteiger partial charge on any atom is -0.369 e. The topological polar surface area (TPSA) is 59.2 Å². The molecule has 2 aromatic carbocycles. The molecule has 0 saturated carbocycles. The van der Waals surface area contributed by atoms with Crippen LogP contribution in [0.15, 0.2) is 60.8 Å². The Bertz CT molecular complexity index is 1190. The second-order valence-electron chi connectivity index (χ2n) is 9.12. The lowest BCUT2D eigenvalue weighted by molar-refractivity contribution is -0.127. The summed E-state index contributed by atoms with van der Waals surface area (Å²) in [5.41, 5.74) is 6.31. The number of amides is 1. The first kappa shape index (κ1) is 23.2. The summed E-state index contributed by atoms with van der Waals surface area (Å²) < 4.78 is 28.4. The lowest BCUT2D eigenvalue weighted by Crippen LogP contribution is -2.56. The summed E-state index contributed by atoms with van der Waals surface area (Å²) in [4.78, 5) is 19.2. The van der Waals surface area contributed by atoms with E-state index in [4.69, 9.17) is 28.9 Å². The summed E-state index contributed by atoms with van der Waals surface area (Å²) in [6.45, 7) is 0. The van der Waals surface area contributed by atoms with Gasteiger partial charge in [0.15, 0.2) is 0 Å². The molecule has 3 atom stereocenters. The summed E-state index contributed by atoms with van der Waals surface area (Å²) in [7, 11) is 0. The number of nitrogens with zero attached hydrogens (tertiary/aromatic N) is 2. The first-order valence-electron chi connectivity index (χ1n) is 11.2. The summed E-state index contributed by atoms with van der Waals surface area (Å²) in [5, 5.41) is 1.23. The number of carbonyl (C=O) groups is 1. The number of halogens is 4. The third-order valence-corrected chi connectivity index (χ3v) is 7.96. The molecule has 1 unspecified atom stereocenters. The summed E-state index contributed by atoms with van der Waals surface area (Å²) >= 11 is 13.3. The average Bonchev–Trinajstić information content (AvgIpc) is 3.05. The van der Waals surface area contributed by atoms with Gasteiger partial charge in [-0.05, 0) is 48.9 Å². The molecule has 3 aromatic rings. The second kappa shape index (κ2) is 8.91. The van der Waals surface area contributed by atoms with Gasteiger partial charge in [0.1, 0.15) is 11.6 Å². The van der Waals surface area contributed by atoms with Gasteiger partial charge in [0.2, 0.25) is 5.91 Å². The molecule has 2 N–H and O–H groups in total. The van der Waals surface area contributed by atoms with Gasteiger partial charge >= 0.3 is 0 Å². The molecule has 1 amide bonds. The van der Waals surface area contributed by atoms with E-state index in [0.29, 0.717) is 10.0 Å². The van der Waals surface area contributed by atoms with E-state index in [0.717, 1.165) is 36.2 Å². The predicted molar refractivity (Wildman–Crippen MR) is 128 cm³/mol. The Balaban J connectivity index is 1.61. The molecule has 0 radical (unpaired) electrons. The fourth-order valence-corrected chi connectivity index (χ4v) is 6.34. The van der Waals surface area contributed by atoms with Crippen LogP contribution in [0.4, 0.5) is 8.78 Å². The van der Waals surface area contributed by atoms with Crippen LogP contribution in [0.1, 0.15) is 48.5 Å². The first-order chi connectivity index (χ1) is 16.3. The number of hydrogen-bond acceptors (Lipinski definition) is 3. The maximum atomic E-state index is 14.8. The van der Waals surface area contributed by atoms with Gasteiger partial charge in [-0.25, -0.2) is 8.78 Å². The van der Waals surface area contributed by atoms with Gasteiger partial charge in [-0.2, -0.15) is 0 Å². The van der Waals surface area contributed by atoms with Crippen LogP contribution in [0.25, 0.3) is 0 Å². The molecule has 2 bridgehead atoms. The molecule has 2 fully saturated rings. The fourth-order valence-electron chi connectivity index (χ4n) is 5.87. The van der Waals surface area contributed by atoms with Crippen LogP contribution >= 0.6 is 23.2 Å². The van der Waals surface area contributed by atoms with Crippen molar-refractivity contribution in [1.29, 1.82) is 0 Å². The van der Waals surface area contributed by atoms with E-state index >= 15 is 0 Å². The summed E-state index contributed by atoms with van der Waals surface area (Å²) in [6.07, 6.45) is 3.09. The van der Waals surface area contributed by atoms with Gasteiger partial charge in [0.05, 0.1) is 23.3 Å². The number of rotatable bonds is 5. The Morgan fingerprint density at radius 3 is 2.00 bits per heavy atom. The highest BCUT2D eigenvalue weighted by Crippen LogP contribution is 2.52. The number of piperidine rings is 1. The van der Waals surface area contributed by atoms with Crippen LogP contribution in [0.2, 0.25) is 10.0 Å². The van der Waals surface area contributed by atoms with E-state index in [2.05, 4.69) is 9.88 Å². The summed E-state index contributed by atoms with van der Waals surface area (Å²) in [6, 6.07) is 15.6. The molecular formula is C26H23Cl2F2N3O. The van der Waals surface area contributed by atoms with Crippen LogP contribution in [0, 0.1) is 11.6 Å². The minimum absolute atomic E-state index is 0.0787. The Hall–Kier alpha value is -2.54. The Morgan fingerprint density at radius 1 is 1.00 bits per heavy atom. The molecule has 176 valence electrons. The highest BCUT2D eigenvalue weighted by Gasteiger charge is 2.56. The van der Waals surface area contributed by atoms with Gasteiger partial charge in [0, 0.05) is 28.2 Å². The zero-order valence-electron chi connectivity index (χ0n) is 18.2. The van der Waals surface area contributed by atoms with Crippen molar-refractivity contribution in [3.05, 3.63) is 99.3 Å². The average molecular weight is 502 g/mol. The lowest BCUT2D eigenvalue weighted by atomic mass is 9.70. The monoisotopic (exact) mass is 501 g/mol. The molecule has 8 heteroatoms. The van der Waals surface area contributed by atoms with Crippen molar-refractivity contribution in [1.82, 2.24) is 9.88 Å². The number of hydrogen-bond donors (Lipinski definition) is 1. The van der Waals surface area contributed by atoms with Gasteiger partial charge < -0.3 is 5.73 Å². The molecule has 1 aromatic heterocycles. The quantitative estimate of drug-likeness (QED) is 0.480. The molecule has 0 spiro atoms. The van der Waals surface area contributed by atoms with Crippen LogP contribution in [0.3, 0.4) is 0 Å². The molecule has 34 heavy (non-hydrogen) atoms. The molecular weight excluding hydrogens is 479 g/mol. The van der Waals surface area contributed by atoms with E-state index in [9.17, 15) is 13.6 Å². The highest BCUT2D eigenvalue weighted by molar-refractivity contribution is 6.32. The smallest absolute Gasteiger partial charge is 0.229 e. The zero-order chi connectivity index (χ0) is 24.0. The van der Waals surface area contributed by atoms with Gasteiger partial charge in [-0.15, -0.1) is 0 Å². The van der Waals surface area contributed by atoms with Crippen LogP contribution in [0.5, 0.6) is 0 Å². The van der Waals surface area contributed by atoms with E-state index < -0.39 is 23.0 Å². The normalized spacial score (nSPS) is 24.5. The van der Waals surface area contributed by atoms with Crippen molar-refractivity contribution in [2.45, 2.75) is 49.2 Å². The largest absolute Gasteiger partial charge is 0.369 e. The molecule has 2 aliphatic rings. The van der Waals surface area contributed by atoms with Crippen molar-refractivity contribution < 1.29 is 13.6 Å². The number of fused-ring (bicyclic) bond motifs is 2. The minimum atomic E-state index is -1.31. The third-order valence-electron chi connectivity index (χ3n) is 7.28. The molecule has 3 heterocycles. The Labute approximate surface area is 206 Å². The molecule has 0 aliphatic carbocycles. The van der Waals surface area contributed by atoms with Crippen LogP contribution in [-0.4, -0.2) is 27.9 Å². The second-order valence-corrected chi connectivity index (χ2v) is 9.93. The van der Waals surface area contributed by atoms with Crippen molar-refractivity contribution in [2.24, 2.45) is 5.73 Å². The van der Waals surface area contributed by atoms with Crippen LogP contribution < -0.4 is 5.73 Å². The van der Waals surface area contributed by atoms with Gasteiger partial charge in [-0.1, -0.05) is 59.6 Å². The fraction of sp³-hybridized carbons (Fsp3) is 0.308. The van der Waals surface area contributed by atoms with Crippen molar-refractivity contribution in [2.75, 3.05) is 0 Å². The number of pyridine rings is 1. The van der Waals surface area contributed by atoms with E-state index in [1.165, 1.54) is 0 Å². The number of benzene rings is 2. The zero-order valence-corrected chi connectivity index (χ0v) is 19.7. The summed E-state index contributed by atoms with van der Waals surface area (Å²) in [5.74, 6) is -2.28. The molecule has 4 nitrogen and oxygen atoms in total. The lowest BCUT2D eigenvalue weighted by Gasteiger charge is -2.48. The van der Waals surface area contributed by atoms with Crippen molar-refractivity contribution in [3.63, 3.8) is 0 Å². The van der Waals surface area contributed by atoms with E-state index in [-0.39, 0.29) is 36.7 Å². The van der Waals surface area contributed by atoms with Crippen LogP contribution in [-0.2, 0) is 10.2 Å².